The Labute approximate surface area is 130 Å². The molecule has 112 valence electrons. The zero-order chi connectivity index (χ0) is 13.8. The molecule has 1 N–H and O–H groups in total. The molecule has 1 fully saturated rings. The van der Waals surface area contributed by atoms with Crippen molar-refractivity contribution < 1.29 is 9.53 Å². The molecule has 1 aromatic rings. The highest BCUT2D eigenvalue weighted by Crippen LogP contribution is 2.19. The van der Waals surface area contributed by atoms with Crippen LogP contribution in [0.25, 0.3) is 0 Å². The van der Waals surface area contributed by atoms with Gasteiger partial charge < -0.3 is 15.0 Å². The number of benzene rings is 1. The summed E-state index contributed by atoms with van der Waals surface area (Å²) in [5, 5.41) is 3.87. The van der Waals surface area contributed by atoms with Crippen molar-refractivity contribution in [3.8, 4) is 5.75 Å². The van der Waals surface area contributed by atoms with Gasteiger partial charge in [-0.3, -0.25) is 4.79 Å². The Morgan fingerprint density at radius 3 is 2.95 bits per heavy atom. The number of hydrogen-bond donors (Lipinski definition) is 1. The predicted molar refractivity (Wildman–Crippen MR) is 82.8 cm³/mol. The van der Waals surface area contributed by atoms with Gasteiger partial charge in [0.15, 0.2) is 6.10 Å². The van der Waals surface area contributed by atoms with Crippen molar-refractivity contribution in [3.05, 3.63) is 29.3 Å². The van der Waals surface area contributed by atoms with Crippen molar-refractivity contribution in [1.29, 1.82) is 0 Å². The Kier molecular flexibility index (Phi) is 6.59. The molecule has 20 heavy (non-hydrogen) atoms. The summed E-state index contributed by atoms with van der Waals surface area (Å²) in [5.74, 6) is 0.644. The molecule has 0 bridgehead atoms. The highest BCUT2D eigenvalue weighted by Gasteiger charge is 2.27. The molecule has 0 saturated carbocycles. The summed E-state index contributed by atoms with van der Waals surface area (Å²) < 4.78 is 5.66. The summed E-state index contributed by atoms with van der Waals surface area (Å²) in [6.07, 6.45) is -0.501. The number of halogens is 2. The minimum Gasteiger partial charge on any atom is -0.481 e. The lowest BCUT2D eigenvalue weighted by Gasteiger charge is -2.35. The number of piperazine rings is 1. The van der Waals surface area contributed by atoms with E-state index in [1.165, 1.54) is 0 Å². The first kappa shape index (κ1) is 17.1. The standard InChI is InChI=1S/C14H19ClN2O2.ClH/c1-10-9-16-6-7-17(10)14(18)11(2)19-13-5-3-4-12(15)8-13;/h3-5,8,10-11,16H,6-7,9H2,1-2H3;1H/t10-,11?;/m0./s1. The van der Waals surface area contributed by atoms with E-state index in [1.54, 1.807) is 25.1 Å². The summed E-state index contributed by atoms with van der Waals surface area (Å²) in [6.45, 7) is 6.20. The van der Waals surface area contributed by atoms with Gasteiger partial charge >= 0.3 is 0 Å². The maximum absolute atomic E-state index is 12.3. The van der Waals surface area contributed by atoms with Crippen LogP contribution in [0.1, 0.15) is 13.8 Å². The summed E-state index contributed by atoms with van der Waals surface area (Å²) in [5.41, 5.74) is 0. The van der Waals surface area contributed by atoms with E-state index in [1.807, 2.05) is 17.9 Å². The zero-order valence-electron chi connectivity index (χ0n) is 11.6. The average Bonchev–Trinajstić information content (AvgIpc) is 2.38. The van der Waals surface area contributed by atoms with Gasteiger partial charge in [0, 0.05) is 30.7 Å². The van der Waals surface area contributed by atoms with Gasteiger partial charge in [0.1, 0.15) is 5.75 Å². The summed E-state index contributed by atoms with van der Waals surface area (Å²) in [6, 6.07) is 7.30. The second-order valence-electron chi connectivity index (χ2n) is 4.80. The van der Waals surface area contributed by atoms with Crippen LogP contribution in [-0.4, -0.2) is 42.6 Å². The van der Waals surface area contributed by atoms with Crippen LogP contribution in [-0.2, 0) is 4.79 Å². The number of rotatable bonds is 3. The largest absolute Gasteiger partial charge is 0.481 e. The van der Waals surface area contributed by atoms with Crippen molar-refractivity contribution in [2.24, 2.45) is 0 Å². The van der Waals surface area contributed by atoms with Gasteiger partial charge in [-0.25, -0.2) is 0 Å². The van der Waals surface area contributed by atoms with Crippen LogP contribution in [0.3, 0.4) is 0 Å². The Morgan fingerprint density at radius 2 is 2.30 bits per heavy atom. The van der Waals surface area contributed by atoms with Gasteiger partial charge in [0.25, 0.3) is 5.91 Å². The summed E-state index contributed by atoms with van der Waals surface area (Å²) >= 11 is 5.90. The van der Waals surface area contributed by atoms with Crippen LogP contribution >= 0.6 is 24.0 Å². The van der Waals surface area contributed by atoms with Crippen LogP contribution in [0, 0.1) is 0 Å². The predicted octanol–water partition coefficient (Wildman–Crippen LogP) is 2.35. The maximum Gasteiger partial charge on any atom is 0.263 e. The molecular weight excluding hydrogens is 299 g/mol. The molecule has 2 atom stereocenters. The Morgan fingerprint density at radius 1 is 1.55 bits per heavy atom. The van der Waals surface area contributed by atoms with Gasteiger partial charge in [0.05, 0.1) is 0 Å². The third-order valence-electron chi connectivity index (χ3n) is 3.24. The van der Waals surface area contributed by atoms with Crippen LogP contribution in [0.15, 0.2) is 24.3 Å². The van der Waals surface area contributed by atoms with E-state index in [4.69, 9.17) is 16.3 Å². The molecule has 1 aliphatic rings. The normalized spacial score (nSPS) is 19.9. The molecule has 1 saturated heterocycles. The zero-order valence-corrected chi connectivity index (χ0v) is 13.2. The quantitative estimate of drug-likeness (QED) is 0.930. The Bertz CT molecular complexity index is 457. The fourth-order valence-electron chi connectivity index (χ4n) is 2.20. The van der Waals surface area contributed by atoms with Crippen LogP contribution in [0.2, 0.25) is 5.02 Å². The SMILES string of the molecule is CC(Oc1cccc(Cl)c1)C(=O)N1CCNC[C@@H]1C.Cl. The van der Waals surface area contributed by atoms with Crippen LogP contribution in [0.5, 0.6) is 5.75 Å². The number of ether oxygens (including phenoxy) is 1. The fraction of sp³-hybridized carbons (Fsp3) is 0.500. The molecule has 0 spiro atoms. The smallest absolute Gasteiger partial charge is 0.263 e. The molecule has 6 heteroatoms. The molecular formula is C14H20Cl2N2O2. The highest BCUT2D eigenvalue weighted by molar-refractivity contribution is 6.30. The molecule has 0 radical (unpaired) electrons. The minimum absolute atomic E-state index is 0. The number of nitrogens with zero attached hydrogens (tertiary/aromatic N) is 1. The van der Waals surface area contributed by atoms with Crippen molar-refractivity contribution in [3.63, 3.8) is 0 Å². The Hall–Kier alpha value is -0.970. The van der Waals surface area contributed by atoms with Gasteiger partial charge in [-0.2, -0.15) is 0 Å². The molecule has 0 aliphatic carbocycles. The molecule has 1 aliphatic heterocycles. The maximum atomic E-state index is 12.3. The van der Waals surface area contributed by atoms with Crippen molar-refractivity contribution in [2.75, 3.05) is 19.6 Å². The van der Waals surface area contributed by atoms with E-state index in [9.17, 15) is 4.79 Å². The third-order valence-corrected chi connectivity index (χ3v) is 3.48. The fourth-order valence-corrected chi connectivity index (χ4v) is 2.38. The number of carbonyl (C=O) groups excluding carboxylic acids is 1. The molecule has 1 unspecified atom stereocenters. The van der Waals surface area contributed by atoms with Gasteiger partial charge in [0.2, 0.25) is 0 Å². The second-order valence-corrected chi connectivity index (χ2v) is 5.24. The number of nitrogens with one attached hydrogen (secondary N) is 1. The first-order chi connectivity index (χ1) is 9.08. The molecule has 4 nitrogen and oxygen atoms in total. The minimum atomic E-state index is -0.501. The monoisotopic (exact) mass is 318 g/mol. The van der Waals surface area contributed by atoms with E-state index in [0.717, 1.165) is 19.6 Å². The number of amides is 1. The lowest BCUT2D eigenvalue weighted by Crippen LogP contribution is -2.55. The van der Waals surface area contributed by atoms with Crippen LogP contribution < -0.4 is 10.1 Å². The summed E-state index contributed by atoms with van der Waals surface area (Å²) in [7, 11) is 0. The van der Waals surface area contributed by atoms with E-state index in [-0.39, 0.29) is 24.4 Å². The van der Waals surface area contributed by atoms with Crippen LogP contribution in [0.4, 0.5) is 0 Å². The molecule has 1 amide bonds. The molecule has 1 heterocycles. The van der Waals surface area contributed by atoms with Crippen molar-refractivity contribution in [2.45, 2.75) is 26.0 Å². The first-order valence-electron chi connectivity index (χ1n) is 6.51. The van der Waals surface area contributed by atoms with E-state index >= 15 is 0 Å². The lowest BCUT2D eigenvalue weighted by atomic mass is 10.2. The van der Waals surface area contributed by atoms with Gasteiger partial charge in [-0.1, -0.05) is 17.7 Å². The van der Waals surface area contributed by atoms with E-state index in [0.29, 0.717) is 10.8 Å². The first-order valence-corrected chi connectivity index (χ1v) is 6.89. The molecule has 2 rings (SSSR count). The third kappa shape index (κ3) is 4.27. The number of carbonyl (C=O) groups is 1. The van der Waals surface area contributed by atoms with Crippen molar-refractivity contribution in [1.82, 2.24) is 10.2 Å². The van der Waals surface area contributed by atoms with Gasteiger partial charge in [-0.05, 0) is 32.0 Å². The van der Waals surface area contributed by atoms with Gasteiger partial charge in [-0.15, -0.1) is 12.4 Å². The van der Waals surface area contributed by atoms with E-state index in [2.05, 4.69) is 5.32 Å². The van der Waals surface area contributed by atoms with Crippen molar-refractivity contribution >= 4 is 29.9 Å². The lowest BCUT2D eigenvalue weighted by molar-refractivity contribution is -0.140. The Balaban J connectivity index is 0.00000200. The van der Waals surface area contributed by atoms with E-state index < -0.39 is 6.10 Å². The highest BCUT2D eigenvalue weighted by atomic mass is 35.5. The topological polar surface area (TPSA) is 41.6 Å². The molecule has 1 aromatic carbocycles. The molecule has 0 aromatic heterocycles. The second kappa shape index (κ2) is 7.72. The average molecular weight is 319 g/mol. The number of hydrogen-bond acceptors (Lipinski definition) is 3. The summed E-state index contributed by atoms with van der Waals surface area (Å²) in [4.78, 5) is 14.2.